The van der Waals surface area contributed by atoms with Crippen molar-refractivity contribution in [3.8, 4) is 16.7 Å². The SMILES string of the molecule is CCOc1nnc(N(C(N)=O)c2cc(Cl)c(OC)cc2OC)s1. The summed E-state index contributed by atoms with van der Waals surface area (Å²) in [6.45, 7) is 2.25. The highest BCUT2D eigenvalue weighted by atomic mass is 35.5. The van der Waals surface area contributed by atoms with Gasteiger partial charge in [0.2, 0.25) is 5.13 Å². The number of aromatic nitrogens is 2. The number of carbonyl (C=O) groups is 1. The van der Waals surface area contributed by atoms with Crippen LogP contribution in [0.15, 0.2) is 12.1 Å². The number of hydrogen-bond acceptors (Lipinski definition) is 7. The maximum Gasteiger partial charge on any atom is 0.325 e. The van der Waals surface area contributed by atoms with Crippen LogP contribution in [0.3, 0.4) is 0 Å². The number of hydrogen-bond donors (Lipinski definition) is 1. The van der Waals surface area contributed by atoms with Crippen LogP contribution in [-0.4, -0.2) is 37.1 Å². The largest absolute Gasteiger partial charge is 0.495 e. The van der Waals surface area contributed by atoms with Crippen LogP contribution in [0.25, 0.3) is 0 Å². The monoisotopic (exact) mass is 358 g/mol. The molecule has 0 saturated heterocycles. The number of carbonyl (C=O) groups excluding carboxylic acids is 1. The summed E-state index contributed by atoms with van der Waals surface area (Å²) in [5.41, 5.74) is 5.81. The van der Waals surface area contributed by atoms with Crippen LogP contribution in [-0.2, 0) is 0 Å². The third-order valence-electron chi connectivity index (χ3n) is 2.77. The summed E-state index contributed by atoms with van der Waals surface area (Å²) < 4.78 is 15.7. The number of anilines is 2. The minimum Gasteiger partial charge on any atom is -0.495 e. The molecule has 10 heteroatoms. The molecule has 0 aliphatic carbocycles. The van der Waals surface area contributed by atoms with Crippen LogP contribution in [0.2, 0.25) is 5.02 Å². The first-order valence-corrected chi connectivity index (χ1v) is 7.68. The smallest absolute Gasteiger partial charge is 0.325 e. The fourth-order valence-electron chi connectivity index (χ4n) is 1.81. The van der Waals surface area contributed by atoms with E-state index in [2.05, 4.69) is 10.2 Å². The molecule has 0 bridgehead atoms. The van der Waals surface area contributed by atoms with Crippen molar-refractivity contribution in [3.05, 3.63) is 17.2 Å². The molecule has 2 N–H and O–H groups in total. The van der Waals surface area contributed by atoms with Gasteiger partial charge >= 0.3 is 6.03 Å². The second kappa shape index (κ2) is 7.34. The first-order chi connectivity index (χ1) is 11.0. The Labute approximate surface area is 141 Å². The van der Waals surface area contributed by atoms with Gasteiger partial charge in [-0.15, -0.1) is 5.10 Å². The number of urea groups is 1. The van der Waals surface area contributed by atoms with Crippen molar-refractivity contribution >= 4 is 39.8 Å². The molecule has 0 aliphatic rings. The van der Waals surface area contributed by atoms with E-state index >= 15 is 0 Å². The summed E-state index contributed by atoms with van der Waals surface area (Å²) in [5.74, 6) is 0.752. The minimum absolute atomic E-state index is 0.237. The van der Waals surface area contributed by atoms with E-state index in [0.29, 0.717) is 34.0 Å². The lowest BCUT2D eigenvalue weighted by Gasteiger charge is -2.20. The normalized spacial score (nSPS) is 10.3. The lowest BCUT2D eigenvalue weighted by Crippen LogP contribution is -2.31. The quantitative estimate of drug-likeness (QED) is 0.852. The Morgan fingerprint density at radius 2 is 2.00 bits per heavy atom. The molecule has 0 saturated carbocycles. The zero-order valence-corrected chi connectivity index (χ0v) is 14.3. The van der Waals surface area contributed by atoms with Gasteiger partial charge in [-0.1, -0.05) is 16.7 Å². The van der Waals surface area contributed by atoms with E-state index in [-0.39, 0.29) is 5.13 Å². The third-order valence-corrected chi connectivity index (χ3v) is 3.89. The molecule has 1 aromatic carbocycles. The molecule has 8 nitrogen and oxygen atoms in total. The average Bonchev–Trinajstić information content (AvgIpc) is 2.96. The Balaban J connectivity index is 2.52. The summed E-state index contributed by atoms with van der Waals surface area (Å²) >= 11 is 7.21. The van der Waals surface area contributed by atoms with Crippen molar-refractivity contribution in [1.82, 2.24) is 10.2 Å². The van der Waals surface area contributed by atoms with Crippen LogP contribution in [0.4, 0.5) is 15.6 Å². The minimum atomic E-state index is -0.760. The van der Waals surface area contributed by atoms with Crippen molar-refractivity contribution in [2.24, 2.45) is 5.73 Å². The molecule has 0 spiro atoms. The second-order valence-electron chi connectivity index (χ2n) is 4.12. The molecular formula is C13H15ClN4O4S. The van der Waals surface area contributed by atoms with Gasteiger partial charge in [0.05, 0.1) is 31.5 Å². The highest BCUT2D eigenvalue weighted by Gasteiger charge is 2.25. The van der Waals surface area contributed by atoms with Crippen molar-refractivity contribution in [1.29, 1.82) is 0 Å². The summed E-state index contributed by atoms with van der Waals surface area (Å²) in [7, 11) is 2.93. The molecule has 23 heavy (non-hydrogen) atoms. The standard InChI is InChI=1S/C13H15ClN4O4S/c1-4-22-13-17-16-12(23-13)18(11(15)19)8-5-7(14)9(20-2)6-10(8)21-3/h5-6H,4H2,1-3H3,(H2,15,19). The summed E-state index contributed by atoms with van der Waals surface area (Å²) in [4.78, 5) is 13.1. The van der Waals surface area contributed by atoms with E-state index in [9.17, 15) is 4.79 Å². The third kappa shape index (κ3) is 3.57. The molecule has 0 radical (unpaired) electrons. The maximum absolute atomic E-state index is 11.9. The summed E-state index contributed by atoms with van der Waals surface area (Å²) in [6, 6.07) is 2.30. The van der Waals surface area contributed by atoms with Gasteiger partial charge in [-0.2, -0.15) is 0 Å². The molecule has 0 unspecified atom stereocenters. The number of halogens is 1. The van der Waals surface area contributed by atoms with Crippen molar-refractivity contribution in [2.45, 2.75) is 6.92 Å². The van der Waals surface area contributed by atoms with Gasteiger partial charge in [-0.05, 0) is 24.3 Å². The van der Waals surface area contributed by atoms with Crippen LogP contribution >= 0.6 is 22.9 Å². The first kappa shape index (κ1) is 17.1. The van der Waals surface area contributed by atoms with E-state index in [4.69, 9.17) is 31.5 Å². The molecule has 0 aliphatic heterocycles. The Morgan fingerprint density at radius 1 is 1.30 bits per heavy atom. The number of primary amides is 1. The number of amides is 2. The number of nitrogens with two attached hydrogens (primary N) is 1. The zero-order chi connectivity index (χ0) is 17.0. The van der Waals surface area contributed by atoms with E-state index in [1.807, 2.05) is 6.92 Å². The Morgan fingerprint density at radius 3 is 2.57 bits per heavy atom. The molecule has 1 aromatic heterocycles. The fourth-order valence-corrected chi connectivity index (χ4v) is 2.82. The van der Waals surface area contributed by atoms with Gasteiger partial charge in [0.1, 0.15) is 11.5 Å². The predicted molar refractivity (Wildman–Crippen MR) is 87.4 cm³/mol. The molecule has 1 heterocycles. The lowest BCUT2D eigenvalue weighted by atomic mass is 10.2. The van der Waals surface area contributed by atoms with Gasteiger partial charge in [-0.25, -0.2) is 9.69 Å². The van der Waals surface area contributed by atoms with E-state index in [0.717, 1.165) is 16.2 Å². The van der Waals surface area contributed by atoms with Crippen molar-refractivity contribution in [3.63, 3.8) is 0 Å². The Bertz CT molecular complexity index is 709. The highest BCUT2D eigenvalue weighted by Crippen LogP contribution is 2.42. The van der Waals surface area contributed by atoms with E-state index < -0.39 is 6.03 Å². The summed E-state index contributed by atoms with van der Waals surface area (Å²) in [6.07, 6.45) is 0. The predicted octanol–water partition coefficient (Wildman–Crippen LogP) is 2.82. The average molecular weight is 359 g/mol. The topological polar surface area (TPSA) is 99.8 Å². The van der Waals surface area contributed by atoms with Gasteiger partial charge in [0.25, 0.3) is 5.19 Å². The Kier molecular flexibility index (Phi) is 5.45. The number of ether oxygens (including phenoxy) is 3. The molecule has 2 amide bonds. The number of rotatable bonds is 6. The molecule has 0 fully saturated rings. The number of methoxy groups -OCH3 is 2. The van der Waals surface area contributed by atoms with E-state index in [1.54, 1.807) is 6.07 Å². The van der Waals surface area contributed by atoms with Crippen molar-refractivity contribution < 1.29 is 19.0 Å². The Hall–Kier alpha value is -2.26. The van der Waals surface area contributed by atoms with Crippen LogP contribution in [0.1, 0.15) is 6.92 Å². The van der Waals surface area contributed by atoms with Gasteiger partial charge in [0, 0.05) is 6.07 Å². The maximum atomic E-state index is 11.9. The van der Waals surface area contributed by atoms with Gasteiger partial charge in [0.15, 0.2) is 0 Å². The molecule has 2 rings (SSSR count). The molecule has 2 aromatic rings. The highest BCUT2D eigenvalue weighted by molar-refractivity contribution is 7.17. The molecule has 0 atom stereocenters. The van der Waals surface area contributed by atoms with Crippen LogP contribution in [0, 0.1) is 0 Å². The lowest BCUT2D eigenvalue weighted by molar-refractivity contribution is 0.255. The van der Waals surface area contributed by atoms with Crippen LogP contribution in [0.5, 0.6) is 16.7 Å². The molecule has 124 valence electrons. The van der Waals surface area contributed by atoms with Crippen molar-refractivity contribution in [2.75, 3.05) is 25.7 Å². The van der Waals surface area contributed by atoms with Crippen LogP contribution < -0.4 is 24.8 Å². The first-order valence-electron chi connectivity index (χ1n) is 6.49. The summed E-state index contributed by atoms with van der Waals surface area (Å²) in [5, 5.41) is 8.62. The molecular weight excluding hydrogens is 344 g/mol. The second-order valence-corrected chi connectivity index (χ2v) is 5.44. The van der Waals surface area contributed by atoms with E-state index in [1.165, 1.54) is 20.3 Å². The number of benzene rings is 1. The zero-order valence-electron chi connectivity index (χ0n) is 12.7. The number of nitrogens with zero attached hydrogens (tertiary/aromatic N) is 3. The van der Waals surface area contributed by atoms with Gasteiger partial charge in [-0.3, -0.25) is 0 Å². The fraction of sp³-hybridized carbons (Fsp3) is 0.308. The van der Waals surface area contributed by atoms with Gasteiger partial charge < -0.3 is 19.9 Å².